The summed E-state index contributed by atoms with van der Waals surface area (Å²) in [6, 6.07) is 6.47. The number of rotatable bonds is 6. The second-order valence-electron chi connectivity index (χ2n) is 12.4. The maximum Gasteiger partial charge on any atom is 0.410 e. The third-order valence-electron chi connectivity index (χ3n) is 6.25. The largest absolute Gasteiger partial charge is 0.444 e. The van der Waals surface area contributed by atoms with Crippen LogP contribution in [-0.2, 0) is 14.3 Å². The van der Waals surface area contributed by atoms with Crippen LogP contribution in [0, 0.1) is 0 Å². The van der Waals surface area contributed by atoms with Crippen molar-refractivity contribution < 1.29 is 29.0 Å². The summed E-state index contributed by atoms with van der Waals surface area (Å²) in [6.45, 7) is 13.6. The summed E-state index contributed by atoms with van der Waals surface area (Å²) in [7, 11) is 0. The van der Waals surface area contributed by atoms with E-state index in [0.717, 1.165) is 0 Å². The van der Waals surface area contributed by atoms with Crippen molar-refractivity contribution in [1.82, 2.24) is 24.8 Å². The molecule has 1 fully saturated rings. The number of piperazine rings is 1. The third-order valence-corrected chi connectivity index (χ3v) is 7.21. The lowest BCUT2D eigenvalue weighted by atomic mass is 10.1. The normalized spacial score (nSPS) is 14.7. The Hall–Kier alpha value is -4.24. The lowest BCUT2D eigenvalue weighted by Crippen LogP contribution is -2.50. The molecule has 0 spiro atoms. The standard InChI is InChI=1S/C29H39N7O7S/c1-17(37)18-12-19(14-20(13-18)31-22(39)16-30-26(40)42-28(2,3)4)24-33-36-23(15-21(38)32-25(36)44-24)34-8-10-35(11-9-34)27(41)43-29(5,6)7/h12-15,17,37H,8-11,16H2,1-7H3,(H,30,40)(H,31,39). The lowest BCUT2D eigenvalue weighted by Gasteiger charge is -2.36. The van der Waals surface area contributed by atoms with Gasteiger partial charge in [-0.3, -0.25) is 9.59 Å². The molecule has 3 amide bonds. The number of nitrogens with zero attached hydrogens (tertiary/aromatic N) is 5. The number of nitrogens with one attached hydrogen (secondary N) is 2. The van der Waals surface area contributed by atoms with E-state index in [2.05, 4.69) is 15.6 Å². The van der Waals surface area contributed by atoms with Gasteiger partial charge >= 0.3 is 12.2 Å². The number of carbonyl (C=O) groups is 3. The number of aromatic nitrogens is 3. The molecule has 2 aromatic heterocycles. The van der Waals surface area contributed by atoms with E-state index < -0.39 is 34.9 Å². The Labute approximate surface area is 259 Å². The highest BCUT2D eigenvalue weighted by Crippen LogP contribution is 2.32. The van der Waals surface area contributed by atoms with Gasteiger partial charge in [0, 0.05) is 43.5 Å². The van der Waals surface area contributed by atoms with Crippen LogP contribution in [0.1, 0.15) is 60.1 Å². The van der Waals surface area contributed by atoms with Crippen molar-refractivity contribution in [2.45, 2.75) is 65.8 Å². The molecule has 0 bridgehead atoms. The number of alkyl carbamates (subject to hydrolysis) is 1. The number of aliphatic hydroxyl groups is 1. The van der Waals surface area contributed by atoms with Crippen LogP contribution in [0.2, 0.25) is 0 Å². The van der Waals surface area contributed by atoms with Gasteiger partial charge in [-0.1, -0.05) is 11.3 Å². The quantitative estimate of drug-likeness (QED) is 0.368. The van der Waals surface area contributed by atoms with Crippen LogP contribution in [-0.4, -0.2) is 86.6 Å². The Balaban J connectivity index is 1.55. The van der Waals surface area contributed by atoms with Gasteiger partial charge in [0.1, 0.15) is 28.6 Å². The Morgan fingerprint density at radius 2 is 1.66 bits per heavy atom. The summed E-state index contributed by atoms with van der Waals surface area (Å²) in [5.74, 6) is 0.0495. The molecule has 3 aromatic rings. The topological polar surface area (TPSA) is 168 Å². The second kappa shape index (κ2) is 12.8. The molecule has 0 aliphatic carbocycles. The second-order valence-corrected chi connectivity index (χ2v) is 13.4. The van der Waals surface area contributed by atoms with Crippen molar-refractivity contribution >= 4 is 45.9 Å². The molecular formula is C29H39N7O7S. The predicted molar refractivity (Wildman–Crippen MR) is 166 cm³/mol. The van der Waals surface area contributed by atoms with Gasteiger partial charge in [-0.15, -0.1) is 0 Å². The van der Waals surface area contributed by atoms with Crippen molar-refractivity contribution in [3.8, 4) is 10.6 Å². The average molecular weight is 630 g/mol. The zero-order valence-electron chi connectivity index (χ0n) is 26.0. The van der Waals surface area contributed by atoms with Gasteiger partial charge < -0.3 is 35.0 Å². The molecule has 0 radical (unpaired) electrons. The number of amides is 3. The first-order chi connectivity index (χ1) is 20.5. The fourth-order valence-electron chi connectivity index (χ4n) is 4.35. The van der Waals surface area contributed by atoms with Gasteiger partial charge in [0.15, 0.2) is 0 Å². The van der Waals surface area contributed by atoms with Crippen molar-refractivity contribution in [3.05, 3.63) is 40.2 Å². The molecule has 4 rings (SSSR count). The van der Waals surface area contributed by atoms with E-state index in [9.17, 15) is 24.3 Å². The zero-order valence-corrected chi connectivity index (χ0v) is 26.8. The van der Waals surface area contributed by atoms with Gasteiger partial charge in [0.05, 0.1) is 6.10 Å². The molecule has 1 aliphatic rings. The van der Waals surface area contributed by atoms with Crippen molar-refractivity contribution in [3.63, 3.8) is 0 Å². The highest BCUT2D eigenvalue weighted by Gasteiger charge is 2.27. The van der Waals surface area contributed by atoms with E-state index in [4.69, 9.17) is 14.6 Å². The van der Waals surface area contributed by atoms with E-state index in [0.29, 0.717) is 58.8 Å². The molecule has 1 aromatic carbocycles. The number of carbonyl (C=O) groups excluding carboxylic acids is 3. The molecule has 14 nitrogen and oxygen atoms in total. The highest BCUT2D eigenvalue weighted by atomic mass is 32.1. The maximum absolute atomic E-state index is 12.6. The van der Waals surface area contributed by atoms with Crippen LogP contribution < -0.4 is 21.1 Å². The zero-order chi connectivity index (χ0) is 32.4. The molecular weight excluding hydrogens is 590 g/mol. The first-order valence-corrected chi connectivity index (χ1v) is 15.0. The van der Waals surface area contributed by atoms with Gasteiger partial charge in [-0.25, -0.2) is 9.59 Å². The molecule has 1 saturated heterocycles. The monoisotopic (exact) mass is 629 g/mol. The van der Waals surface area contributed by atoms with Gasteiger partial charge in [-0.05, 0) is 72.2 Å². The van der Waals surface area contributed by atoms with E-state index in [-0.39, 0.29) is 12.6 Å². The van der Waals surface area contributed by atoms with E-state index in [1.54, 1.807) is 55.3 Å². The van der Waals surface area contributed by atoms with Crippen LogP contribution in [0.5, 0.6) is 0 Å². The molecule has 44 heavy (non-hydrogen) atoms. The predicted octanol–water partition coefficient (Wildman–Crippen LogP) is 3.39. The minimum atomic E-state index is -0.851. The molecule has 3 heterocycles. The molecule has 3 N–H and O–H groups in total. The first kappa shape index (κ1) is 32.7. The minimum Gasteiger partial charge on any atom is -0.444 e. The average Bonchev–Trinajstić information content (AvgIpc) is 3.33. The van der Waals surface area contributed by atoms with Crippen molar-refractivity contribution in [2.24, 2.45) is 0 Å². The van der Waals surface area contributed by atoms with E-state index in [1.807, 2.05) is 25.7 Å². The van der Waals surface area contributed by atoms with Gasteiger partial charge in [-0.2, -0.15) is 14.6 Å². The fraction of sp³-hybridized carbons (Fsp3) is 0.517. The summed E-state index contributed by atoms with van der Waals surface area (Å²) in [5, 5.41) is 20.7. The molecule has 1 unspecified atom stereocenters. The smallest absolute Gasteiger partial charge is 0.410 e. The van der Waals surface area contributed by atoms with Crippen LogP contribution in [0.15, 0.2) is 29.1 Å². The van der Waals surface area contributed by atoms with E-state index in [1.165, 1.54) is 17.4 Å². The van der Waals surface area contributed by atoms with Gasteiger partial charge in [0.25, 0.3) is 5.56 Å². The third kappa shape index (κ3) is 8.66. The summed E-state index contributed by atoms with van der Waals surface area (Å²) in [5.41, 5.74) is -0.226. The molecule has 1 aliphatic heterocycles. The Bertz CT molecular complexity index is 1600. The number of hydrogen-bond donors (Lipinski definition) is 3. The summed E-state index contributed by atoms with van der Waals surface area (Å²) in [4.78, 5) is 57.7. The fourth-order valence-corrected chi connectivity index (χ4v) is 5.24. The first-order valence-electron chi connectivity index (χ1n) is 14.2. The number of fused-ring (bicyclic) bond motifs is 1. The van der Waals surface area contributed by atoms with E-state index >= 15 is 0 Å². The molecule has 0 saturated carbocycles. The Kier molecular flexibility index (Phi) is 9.49. The van der Waals surface area contributed by atoms with Crippen molar-refractivity contribution in [1.29, 1.82) is 0 Å². The minimum absolute atomic E-state index is 0.319. The Morgan fingerprint density at radius 3 is 2.27 bits per heavy atom. The summed E-state index contributed by atoms with van der Waals surface area (Å²) < 4.78 is 12.2. The van der Waals surface area contributed by atoms with Crippen molar-refractivity contribution in [2.75, 3.05) is 42.9 Å². The lowest BCUT2D eigenvalue weighted by molar-refractivity contribution is -0.115. The number of benzene rings is 1. The number of anilines is 2. The van der Waals surface area contributed by atoms with Gasteiger partial charge in [0.2, 0.25) is 10.9 Å². The molecule has 1 atom stereocenters. The van der Waals surface area contributed by atoms with Crippen LogP contribution in [0.4, 0.5) is 21.1 Å². The maximum atomic E-state index is 12.6. The summed E-state index contributed by atoms with van der Waals surface area (Å²) in [6.07, 6.45) is -1.95. The summed E-state index contributed by atoms with van der Waals surface area (Å²) >= 11 is 1.18. The SMILES string of the molecule is CC(O)c1cc(NC(=O)CNC(=O)OC(C)(C)C)cc(-c2nn3c(N4CCN(C(=O)OC(C)(C)C)CC4)cc(=O)nc3s2)c1. The number of hydrogen-bond acceptors (Lipinski definition) is 11. The van der Waals surface area contributed by atoms with Crippen LogP contribution in [0.25, 0.3) is 15.5 Å². The molecule has 238 valence electrons. The van der Waals surface area contributed by atoms with Crippen LogP contribution >= 0.6 is 11.3 Å². The highest BCUT2D eigenvalue weighted by molar-refractivity contribution is 7.19. The number of aliphatic hydroxyl groups excluding tert-OH is 1. The Morgan fingerprint density at radius 1 is 1.00 bits per heavy atom. The number of ether oxygens (including phenoxy) is 2. The molecule has 15 heteroatoms. The van der Waals surface area contributed by atoms with Crippen LogP contribution in [0.3, 0.4) is 0 Å².